The minimum atomic E-state index is 0.800. The van der Waals surface area contributed by atoms with E-state index in [1.807, 2.05) is 0 Å². The highest BCUT2D eigenvalue weighted by Gasteiger charge is 2.11. The van der Waals surface area contributed by atoms with Crippen molar-refractivity contribution in [3.8, 4) is 5.75 Å². The van der Waals surface area contributed by atoms with Crippen molar-refractivity contribution >= 4 is 0 Å². The van der Waals surface area contributed by atoms with Crippen LogP contribution in [-0.4, -0.2) is 18.1 Å². The Hall–Kier alpha value is -2.58. The zero-order valence-electron chi connectivity index (χ0n) is 19.1. The molecule has 31 heavy (non-hydrogen) atoms. The van der Waals surface area contributed by atoms with Gasteiger partial charge < -0.3 is 4.74 Å². The van der Waals surface area contributed by atoms with Crippen molar-refractivity contribution in [2.45, 2.75) is 59.0 Å². The molecule has 0 N–H and O–H groups in total. The van der Waals surface area contributed by atoms with E-state index in [0.29, 0.717) is 0 Å². The van der Waals surface area contributed by atoms with Gasteiger partial charge in [-0.15, -0.1) is 0 Å². The van der Waals surface area contributed by atoms with E-state index in [1.54, 1.807) is 0 Å². The number of hydrogen-bond acceptors (Lipinski definition) is 2. The van der Waals surface area contributed by atoms with Crippen LogP contribution in [-0.2, 0) is 25.9 Å². The average Bonchev–Trinajstić information content (AvgIpc) is 2.77. The van der Waals surface area contributed by atoms with Gasteiger partial charge in [0.05, 0.1) is 6.61 Å². The van der Waals surface area contributed by atoms with Gasteiger partial charge in [-0.25, -0.2) is 0 Å². The van der Waals surface area contributed by atoms with Gasteiger partial charge in [-0.2, -0.15) is 0 Å². The molecule has 0 aliphatic carbocycles. The van der Waals surface area contributed by atoms with E-state index in [0.717, 1.165) is 51.3 Å². The lowest BCUT2D eigenvalue weighted by Gasteiger charge is -2.23. The van der Waals surface area contributed by atoms with E-state index < -0.39 is 0 Å². The smallest absolute Gasteiger partial charge is 0.122 e. The number of aryl methyl sites for hydroxylation is 2. The number of benzene rings is 3. The van der Waals surface area contributed by atoms with Gasteiger partial charge in [0.15, 0.2) is 0 Å². The van der Waals surface area contributed by atoms with Crippen molar-refractivity contribution in [2.75, 3.05) is 13.2 Å². The monoisotopic (exact) mass is 413 g/mol. The highest BCUT2D eigenvalue weighted by molar-refractivity contribution is 5.41. The van der Waals surface area contributed by atoms with Crippen LogP contribution in [0.5, 0.6) is 5.75 Å². The maximum atomic E-state index is 6.19. The van der Waals surface area contributed by atoms with Gasteiger partial charge in [-0.05, 0) is 73.0 Å². The molecule has 0 saturated heterocycles. The summed E-state index contributed by atoms with van der Waals surface area (Å²) in [5, 5.41) is 0. The Morgan fingerprint density at radius 2 is 1.65 bits per heavy atom. The normalized spacial score (nSPS) is 15.5. The molecule has 3 aromatic rings. The van der Waals surface area contributed by atoms with Crippen LogP contribution in [0.1, 0.15) is 59.6 Å². The first kappa shape index (κ1) is 21.6. The van der Waals surface area contributed by atoms with E-state index >= 15 is 0 Å². The summed E-state index contributed by atoms with van der Waals surface area (Å²) in [6.07, 6.45) is 5.53. The van der Waals surface area contributed by atoms with Crippen molar-refractivity contribution in [3.63, 3.8) is 0 Å². The van der Waals surface area contributed by atoms with Gasteiger partial charge in [0.1, 0.15) is 5.75 Å². The number of hydrogen-bond donors (Lipinski definition) is 0. The van der Waals surface area contributed by atoms with Crippen LogP contribution in [0.4, 0.5) is 0 Å². The van der Waals surface area contributed by atoms with Crippen LogP contribution >= 0.6 is 0 Å². The molecule has 4 rings (SSSR count). The number of fused-ring (bicyclic) bond motifs is 3. The minimum absolute atomic E-state index is 0.800. The van der Waals surface area contributed by atoms with Crippen molar-refractivity contribution in [1.82, 2.24) is 4.90 Å². The standard InChI is InChI=1S/C29H35NO/c1-3-24-11-13-25(14-12-24)21-30-16-5-4-6-17-31-29-15-10-23(2)18-28(29)20-26-8-7-9-27(19-26)22-30/h7-15,18-19H,3-6,16-17,20-22H2,1-2H3. The van der Waals surface area contributed by atoms with Crippen LogP contribution in [0.2, 0.25) is 0 Å². The Bertz CT molecular complexity index is 976. The first-order chi connectivity index (χ1) is 15.2. The van der Waals surface area contributed by atoms with Crippen LogP contribution in [0.15, 0.2) is 66.7 Å². The second-order valence-electron chi connectivity index (χ2n) is 8.90. The molecule has 0 amide bonds. The molecular formula is C29H35NO. The summed E-state index contributed by atoms with van der Waals surface area (Å²) in [5.41, 5.74) is 8.16. The summed E-state index contributed by atoms with van der Waals surface area (Å²) >= 11 is 0. The Labute approximate surface area is 187 Å². The maximum Gasteiger partial charge on any atom is 0.122 e. The number of rotatable bonds is 3. The van der Waals surface area contributed by atoms with E-state index in [2.05, 4.69) is 85.5 Å². The average molecular weight is 414 g/mol. The molecule has 3 aromatic carbocycles. The topological polar surface area (TPSA) is 12.5 Å². The predicted molar refractivity (Wildman–Crippen MR) is 130 cm³/mol. The zero-order valence-corrected chi connectivity index (χ0v) is 19.1. The highest BCUT2D eigenvalue weighted by Crippen LogP contribution is 2.25. The minimum Gasteiger partial charge on any atom is -0.493 e. The quantitative estimate of drug-likeness (QED) is 0.473. The first-order valence-electron chi connectivity index (χ1n) is 11.8. The fourth-order valence-electron chi connectivity index (χ4n) is 4.45. The number of ether oxygens (including phenoxy) is 1. The third-order valence-electron chi connectivity index (χ3n) is 6.22. The molecule has 0 radical (unpaired) electrons. The molecule has 0 spiro atoms. The molecule has 2 heteroatoms. The Morgan fingerprint density at radius 1 is 0.839 bits per heavy atom. The molecular weight excluding hydrogens is 378 g/mol. The summed E-state index contributed by atoms with van der Waals surface area (Å²) in [6.45, 7) is 8.30. The summed E-state index contributed by atoms with van der Waals surface area (Å²) < 4.78 is 6.19. The van der Waals surface area contributed by atoms with Gasteiger partial charge in [-0.1, -0.05) is 73.2 Å². The summed E-state index contributed by atoms with van der Waals surface area (Å²) in [7, 11) is 0. The summed E-state index contributed by atoms with van der Waals surface area (Å²) in [6, 6.07) is 24.8. The predicted octanol–water partition coefficient (Wildman–Crippen LogP) is 6.71. The lowest BCUT2D eigenvalue weighted by atomic mass is 10.00. The fraction of sp³-hybridized carbons (Fsp3) is 0.379. The van der Waals surface area contributed by atoms with E-state index in [4.69, 9.17) is 4.74 Å². The molecule has 1 heterocycles. The molecule has 162 valence electrons. The van der Waals surface area contributed by atoms with E-state index in [9.17, 15) is 0 Å². The SMILES string of the molecule is CCc1ccc(CN2CCCCCOc3ccc(C)cc3Cc3cccc(c3)C2)cc1. The molecule has 1 aliphatic rings. The molecule has 0 atom stereocenters. The lowest BCUT2D eigenvalue weighted by Crippen LogP contribution is -2.24. The van der Waals surface area contributed by atoms with Crippen LogP contribution in [0.25, 0.3) is 0 Å². The van der Waals surface area contributed by atoms with Crippen LogP contribution in [0, 0.1) is 6.92 Å². The van der Waals surface area contributed by atoms with Gasteiger partial charge in [-0.3, -0.25) is 4.90 Å². The first-order valence-corrected chi connectivity index (χ1v) is 11.8. The third-order valence-corrected chi connectivity index (χ3v) is 6.22. The number of nitrogens with zero attached hydrogens (tertiary/aromatic N) is 1. The molecule has 2 nitrogen and oxygen atoms in total. The van der Waals surface area contributed by atoms with E-state index in [1.165, 1.54) is 46.2 Å². The summed E-state index contributed by atoms with van der Waals surface area (Å²) in [4.78, 5) is 2.60. The molecule has 2 bridgehead atoms. The van der Waals surface area contributed by atoms with E-state index in [-0.39, 0.29) is 0 Å². The van der Waals surface area contributed by atoms with Crippen molar-refractivity contribution in [3.05, 3.63) is 100 Å². The maximum absolute atomic E-state index is 6.19. The van der Waals surface area contributed by atoms with Crippen molar-refractivity contribution in [2.24, 2.45) is 0 Å². The largest absolute Gasteiger partial charge is 0.493 e. The Morgan fingerprint density at radius 3 is 2.48 bits per heavy atom. The van der Waals surface area contributed by atoms with Crippen LogP contribution < -0.4 is 4.74 Å². The fourth-order valence-corrected chi connectivity index (χ4v) is 4.45. The second kappa shape index (κ2) is 10.6. The van der Waals surface area contributed by atoms with Crippen LogP contribution in [0.3, 0.4) is 0 Å². The van der Waals surface area contributed by atoms with Gasteiger partial charge in [0, 0.05) is 19.5 Å². The van der Waals surface area contributed by atoms with Crippen molar-refractivity contribution in [1.29, 1.82) is 0 Å². The molecule has 0 aromatic heterocycles. The van der Waals surface area contributed by atoms with Gasteiger partial charge in [0.2, 0.25) is 0 Å². The molecule has 0 fully saturated rings. The Balaban J connectivity index is 1.55. The third kappa shape index (κ3) is 6.21. The molecule has 0 saturated carbocycles. The van der Waals surface area contributed by atoms with Gasteiger partial charge in [0.25, 0.3) is 0 Å². The lowest BCUT2D eigenvalue weighted by molar-refractivity contribution is 0.243. The Kier molecular flexibility index (Phi) is 7.43. The zero-order chi connectivity index (χ0) is 21.5. The van der Waals surface area contributed by atoms with Crippen molar-refractivity contribution < 1.29 is 4.74 Å². The van der Waals surface area contributed by atoms with Gasteiger partial charge >= 0.3 is 0 Å². The second-order valence-corrected chi connectivity index (χ2v) is 8.90. The highest BCUT2D eigenvalue weighted by atomic mass is 16.5. The summed E-state index contributed by atoms with van der Waals surface area (Å²) in [5.74, 6) is 1.05. The molecule has 1 aliphatic heterocycles. The molecule has 0 unspecified atom stereocenters.